The van der Waals surface area contributed by atoms with Crippen molar-refractivity contribution in [2.75, 3.05) is 5.73 Å². The Kier molecular flexibility index (Phi) is 3.51. The Labute approximate surface area is 128 Å². The Morgan fingerprint density at radius 1 is 1.19 bits per heavy atom. The van der Waals surface area contributed by atoms with Crippen LogP contribution in [0.15, 0.2) is 29.6 Å². The van der Waals surface area contributed by atoms with Gasteiger partial charge in [-0.05, 0) is 45.0 Å². The number of hydrogen-bond acceptors (Lipinski definition) is 4. The second-order valence-electron chi connectivity index (χ2n) is 5.02. The molecule has 108 valence electrons. The third-order valence-corrected chi connectivity index (χ3v) is 4.49. The summed E-state index contributed by atoms with van der Waals surface area (Å²) in [5.74, 6) is 0. The van der Waals surface area contributed by atoms with Gasteiger partial charge in [0.25, 0.3) is 0 Å². The second kappa shape index (κ2) is 5.33. The number of hydrogen-bond donors (Lipinski definition) is 1. The normalized spacial score (nSPS) is 11.0. The summed E-state index contributed by atoms with van der Waals surface area (Å²) < 4.78 is 2.02. The fourth-order valence-electron chi connectivity index (χ4n) is 2.52. The Bertz CT molecular complexity index is 768. The molecule has 0 bridgehead atoms. The quantitative estimate of drug-likeness (QED) is 0.746. The van der Waals surface area contributed by atoms with E-state index in [1.165, 1.54) is 5.69 Å². The van der Waals surface area contributed by atoms with Crippen LogP contribution in [0.3, 0.4) is 0 Å². The molecule has 1 aromatic carbocycles. The molecule has 0 atom stereocenters. The van der Waals surface area contributed by atoms with Crippen LogP contribution in [-0.2, 0) is 6.54 Å². The van der Waals surface area contributed by atoms with E-state index in [0.29, 0.717) is 0 Å². The lowest BCUT2D eigenvalue weighted by Gasteiger charge is -2.00. The molecule has 0 aliphatic carbocycles. The van der Waals surface area contributed by atoms with E-state index >= 15 is 0 Å². The van der Waals surface area contributed by atoms with E-state index in [2.05, 4.69) is 24.3 Å². The van der Waals surface area contributed by atoms with Crippen LogP contribution in [0.25, 0.3) is 21.8 Å². The van der Waals surface area contributed by atoms with Gasteiger partial charge < -0.3 is 5.73 Å². The lowest BCUT2D eigenvalue weighted by atomic mass is 10.1. The first-order valence-electron chi connectivity index (χ1n) is 6.96. The molecule has 4 nitrogen and oxygen atoms in total. The number of nitrogens with two attached hydrogens (primary N) is 1. The fourth-order valence-corrected chi connectivity index (χ4v) is 3.34. The van der Waals surface area contributed by atoms with Crippen LogP contribution in [0.1, 0.15) is 18.3 Å². The molecule has 0 unspecified atom stereocenters. The molecule has 0 spiro atoms. The highest BCUT2D eigenvalue weighted by Gasteiger charge is 2.16. The van der Waals surface area contributed by atoms with Crippen LogP contribution in [0.5, 0.6) is 0 Å². The van der Waals surface area contributed by atoms with Gasteiger partial charge in [-0.2, -0.15) is 5.10 Å². The van der Waals surface area contributed by atoms with E-state index in [0.717, 1.165) is 39.8 Å². The van der Waals surface area contributed by atoms with Crippen LogP contribution in [0.2, 0.25) is 0 Å². The third-order valence-electron chi connectivity index (χ3n) is 3.60. The van der Waals surface area contributed by atoms with Crippen LogP contribution in [-0.4, -0.2) is 14.8 Å². The Balaban J connectivity index is 2.02. The van der Waals surface area contributed by atoms with Crippen molar-refractivity contribution in [1.29, 1.82) is 0 Å². The van der Waals surface area contributed by atoms with E-state index in [4.69, 9.17) is 10.7 Å². The van der Waals surface area contributed by atoms with Crippen LogP contribution < -0.4 is 5.73 Å². The highest BCUT2D eigenvalue weighted by atomic mass is 32.1. The maximum atomic E-state index is 5.73. The Morgan fingerprint density at radius 2 is 1.90 bits per heavy atom. The standard InChI is InChI=1S/C16H18N4S/c1-4-20-11(3)15(10(2)19-20)14-9-21-16(18-14)12-5-7-13(17)8-6-12/h5-9H,4,17H2,1-3H3. The van der Waals surface area contributed by atoms with Crippen molar-refractivity contribution in [2.45, 2.75) is 27.3 Å². The van der Waals surface area contributed by atoms with Gasteiger partial charge in [0, 0.05) is 34.4 Å². The van der Waals surface area contributed by atoms with Gasteiger partial charge in [-0.1, -0.05) is 0 Å². The third kappa shape index (κ3) is 2.45. The molecule has 5 heteroatoms. The smallest absolute Gasteiger partial charge is 0.124 e. The predicted octanol–water partition coefficient (Wildman–Crippen LogP) is 3.89. The van der Waals surface area contributed by atoms with E-state index < -0.39 is 0 Å². The lowest BCUT2D eigenvalue weighted by molar-refractivity contribution is 0.634. The first-order valence-corrected chi connectivity index (χ1v) is 7.84. The molecule has 0 radical (unpaired) electrons. The molecule has 0 saturated heterocycles. The van der Waals surface area contributed by atoms with Crippen molar-refractivity contribution >= 4 is 17.0 Å². The number of thiazole rings is 1. The highest BCUT2D eigenvalue weighted by Crippen LogP contribution is 2.32. The van der Waals surface area contributed by atoms with Crippen LogP contribution in [0.4, 0.5) is 5.69 Å². The monoisotopic (exact) mass is 298 g/mol. The number of benzene rings is 1. The summed E-state index contributed by atoms with van der Waals surface area (Å²) in [6.07, 6.45) is 0. The molecule has 0 aliphatic rings. The maximum Gasteiger partial charge on any atom is 0.124 e. The fraction of sp³-hybridized carbons (Fsp3) is 0.250. The molecule has 0 amide bonds. The first kappa shape index (κ1) is 13.8. The topological polar surface area (TPSA) is 56.7 Å². The maximum absolute atomic E-state index is 5.73. The van der Waals surface area contributed by atoms with Gasteiger partial charge >= 0.3 is 0 Å². The van der Waals surface area contributed by atoms with Crippen molar-refractivity contribution in [3.05, 3.63) is 41.0 Å². The van der Waals surface area contributed by atoms with Gasteiger partial charge in [0.15, 0.2) is 0 Å². The molecule has 2 aromatic heterocycles. The number of anilines is 1. The summed E-state index contributed by atoms with van der Waals surface area (Å²) in [7, 11) is 0. The highest BCUT2D eigenvalue weighted by molar-refractivity contribution is 7.13. The van der Waals surface area contributed by atoms with Gasteiger partial charge in [-0.15, -0.1) is 11.3 Å². The minimum Gasteiger partial charge on any atom is -0.399 e. The number of nitrogen functional groups attached to an aromatic ring is 1. The molecule has 0 saturated carbocycles. The van der Waals surface area contributed by atoms with E-state index in [-0.39, 0.29) is 0 Å². The molecular weight excluding hydrogens is 280 g/mol. The summed E-state index contributed by atoms with van der Waals surface area (Å²) in [6, 6.07) is 7.82. The lowest BCUT2D eigenvalue weighted by Crippen LogP contribution is -1.98. The second-order valence-corrected chi connectivity index (χ2v) is 5.88. The van der Waals surface area contributed by atoms with Gasteiger partial charge in [-0.3, -0.25) is 4.68 Å². The molecule has 3 rings (SSSR count). The summed E-state index contributed by atoms with van der Waals surface area (Å²) in [5, 5.41) is 7.67. The predicted molar refractivity (Wildman–Crippen MR) is 88.3 cm³/mol. The van der Waals surface area contributed by atoms with Crippen molar-refractivity contribution in [2.24, 2.45) is 0 Å². The van der Waals surface area contributed by atoms with Crippen molar-refractivity contribution in [3.8, 4) is 21.8 Å². The summed E-state index contributed by atoms with van der Waals surface area (Å²) in [6.45, 7) is 7.11. The average molecular weight is 298 g/mol. The number of aryl methyl sites for hydroxylation is 2. The zero-order valence-corrected chi connectivity index (χ0v) is 13.2. The molecule has 3 aromatic rings. The largest absolute Gasteiger partial charge is 0.399 e. The minimum atomic E-state index is 0.770. The number of nitrogens with zero attached hydrogens (tertiary/aromatic N) is 3. The molecule has 2 N–H and O–H groups in total. The van der Waals surface area contributed by atoms with Gasteiger partial charge in [-0.25, -0.2) is 4.98 Å². The average Bonchev–Trinajstić information content (AvgIpc) is 3.04. The van der Waals surface area contributed by atoms with E-state index in [9.17, 15) is 0 Å². The summed E-state index contributed by atoms with van der Waals surface area (Å²) in [5.41, 5.74) is 11.9. The van der Waals surface area contributed by atoms with Gasteiger partial charge in [0.05, 0.1) is 11.4 Å². The van der Waals surface area contributed by atoms with Gasteiger partial charge in [0.1, 0.15) is 5.01 Å². The van der Waals surface area contributed by atoms with Crippen LogP contribution >= 0.6 is 11.3 Å². The minimum absolute atomic E-state index is 0.770. The molecule has 2 heterocycles. The zero-order valence-electron chi connectivity index (χ0n) is 12.4. The van der Waals surface area contributed by atoms with Crippen molar-refractivity contribution in [1.82, 2.24) is 14.8 Å². The molecule has 0 fully saturated rings. The SMILES string of the molecule is CCn1nc(C)c(-c2csc(-c3ccc(N)cc3)n2)c1C. The Morgan fingerprint density at radius 3 is 2.52 bits per heavy atom. The summed E-state index contributed by atoms with van der Waals surface area (Å²) >= 11 is 1.65. The number of aromatic nitrogens is 3. The van der Waals surface area contributed by atoms with E-state index in [1.807, 2.05) is 35.9 Å². The first-order chi connectivity index (χ1) is 10.1. The van der Waals surface area contributed by atoms with Crippen molar-refractivity contribution < 1.29 is 0 Å². The Hall–Kier alpha value is -2.14. The summed E-state index contributed by atoms with van der Waals surface area (Å²) in [4.78, 5) is 4.77. The number of rotatable bonds is 3. The van der Waals surface area contributed by atoms with Crippen LogP contribution in [0, 0.1) is 13.8 Å². The molecule has 21 heavy (non-hydrogen) atoms. The molecular formula is C16H18N4S. The van der Waals surface area contributed by atoms with Crippen molar-refractivity contribution in [3.63, 3.8) is 0 Å². The molecule has 0 aliphatic heterocycles. The van der Waals surface area contributed by atoms with E-state index in [1.54, 1.807) is 11.3 Å². The van der Waals surface area contributed by atoms with Gasteiger partial charge in [0.2, 0.25) is 0 Å². The zero-order chi connectivity index (χ0) is 15.0.